The van der Waals surface area contributed by atoms with Crippen LogP contribution in [0.15, 0.2) is 18.2 Å². The van der Waals surface area contributed by atoms with Gasteiger partial charge in [-0.15, -0.1) is 0 Å². The third-order valence-corrected chi connectivity index (χ3v) is 8.26. The smallest absolute Gasteiger partial charge is 0.161 e. The second-order valence-electron chi connectivity index (χ2n) is 9.99. The van der Waals surface area contributed by atoms with Crippen LogP contribution in [0, 0.1) is 22.7 Å². The highest BCUT2D eigenvalue weighted by Crippen LogP contribution is 2.66. The van der Waals surface area contributed by atoms with Crippen LogP contribution < -0.4 is 9.47 Å². The summed E-state index contributed by atoms with van der Waals surface area (Å²) in [6, 6.07) is 4.41. The molecule has 0 spiro atoms. The first kappa shape index (κ1) is 17.9. The predicted octanol–water partition coefficient (Wildman–Crippen LogP) is 6.23. The number of allylic oxidation sites excluding steroid dienone is 1. The summed E-state index contributed by atoms with van der Waals surface area (Å²) in [7, 11) is 3.46. The number of hydrogen-bond donors (Lipinski definition) is 0. The lowest BCUT2D eigenvalue weighted by Gasteiger charge is -2.63. The molecule has 3 aliphatic rings. The molecule has 0 N–H and O–H groups in total. The number of rotatable bonds is 2. The van der Waals surface area contributed by atoms with Crippen LogP contribution in [-0.2, 0) is 5.41 Å². The minimum absolute atomic E-state index is 0.183. The van der Waals surface area contributed by atoms with Crippen molar-refractivity contribution in [1.82, 2.24) is 0 Å². The fraction of sp³-hybridized carbons (Fsp3) is 0.667. The molecule has 142 valence electrons. The Kier molecular flexibility index (Phi) is 3.99. The van der Waals surface area contributed by atoms with Gasteiger partial charge in [0.15, 0.2) is 11.5 Å². The summed E-state index contributed by atoms with van der Waals surface area (Å²) in [5.74, 6) is 3.10. The van der Waals surface area contributed by atoms with Crippen LogP contribution in [0.3, 0.4) is 0 Å². The first-order valence-corrected chi connectivity index (χ1v) is 10.2. The molecular formula is C24H34O2. The normalized spacial score (nSPS) is 37.3. The molecule has 26 heavy (non-hydrogen) atoms. The molecule has 2 nitrogen and oxygen atoms in total. The maximum atomic E-state index is 5.64. The molecule has 4 atom stereocenters. The maximum Gasteiger partial charge on any atom is 0.161 e. The van der Waals surface area contributed by atoms with E-state index in [9.17, 15) is 0 Å². The summed E-state index contributed by atoms with van der Waals surface area (Å²) in [6.07, 6.45) is 11.6. The number of methoxy groups -OCH3 is 2. The Balaban J connectivity index is 1.84. The van der Waals surface area contributed by atoms with E-state index in [0.717, 1.165) is 17.4 Å². The number of fused-ring (bicyclic) bond motifs is 5. The lowest BCUT2D eigenvalue weighted by molar-refractivity contribution is -0.0876. The van der Waals surface area contributed by atoms with E-state index in [1.54, 1.807) is 14.2 Å². The van der Waals surface area contributed by atoms with Crippen LogP contribution in [0.4, 0.5) is 0 Å². The Labute approximate surface area is 159 Å². The Morgan fingerprint density at radius 1 is 0.923 bits per heavy atom. The highest BCUT2D eigenvalue weighted by molar-refractivity contribution is 5.65. The highest BCUT2D eigenvalue weighted by Gasteiger charge is 2.58. The van der Waals surface area contributed by atoms with Crippen molar-refractivity contribution in [1.29, 1.82) is 0 Å². The van der Waals surface area contributed by atoms with Gasteiger partial charge in [-0.2, -0.15) is 0 Å². The summed E-state index contributed by atoms with van der Waals surface area (Å²) in [5.41, 5.74) is 3.78. The van der Waals surface area contributed by atoms with Crippen LogP contribution in [0.1, 0.15) is 70.9 Å². The predicted molar refractivity (Wildman–Crippen MR) is 108 cm³/mol. The molecule has 4 rings (SSSR count). The zero-order valence-corrected chi connectivity index (χ0v) is 17.3. The Bertz CT molecular complexity index is 747. The van der Waals surface area contributed by atoms with Crippen molar-refractivity contribution in [2.75, 3.05) is 14.2 Å². The molecule has 0 aromatic heterocycles. The fourth-order valence-corrected chi connectivity index (χ4v) is 7.05. The monoisotopic (exact) mass is 354 g/mol. The van der Waals surface area contributed by atoms with Crippen LogP contribution in [-0.4, -0.2) is 14.2 Å². The van der Waals surface area contributed by atoms with Gasteiger partial charge < -0.3 is 9.47 Å². The summed E-state index contributed by atoms with van der Waals surface area (Å²) in [4.78, 5) is 0. The van der Waals surface area contributed by atoms with E-state index in [1.807, 2.05) is 0 Å². The second kappa shape index (κ2) is 5.78. The van der Waals surface area contributed by atoms with Gasteiger partial charge in [-0.05, 0) is 71.6 Å². The van der Waals surface area contributed by atoms with Gasteiger partial charge in [0.05, 0.1) is 14.2 Å². The van der Waals surface area contributed by atoms with E-state index in [2.05, 4.69) is 52.0 Å². The molecule has 0 bridgehead atoms. The lowest BCUT2D eigenvalue weighted by atomic mass is 9.41. The molecule has 1 aromatic carbocycles. The summed E-state index contributed by atoms with van der Waals surface area (Å²) in [5, 5.41) is 0. The van der Waals surface area contributed by atoms with Gasteiger partial charge in [0.2, 0.25) is 0 Å². The Hall–Kier alpha value is -1.44. The molecule has 0 saturated heterocycles. The van der Waals surface area contributed by atoms with Gasteiger partial charge in [0.25, 0.3) is 0 Å². The van der Waals surface area contributed by atoms with E-state index in [0.29, 0.717) is 16.7 Å². The van der Waals surface area contributed by atoms with Crippen LogP contribution >= 0.6 is 0 Å². The number of ether oxygens (including phenoxy) is 2. The zero-order chi connectivity index (χ0) is 18.7. The van der Waals surface area contributed by atoms with Crippen LogP contribution in [0.25, 0.3) is 6.08 Å². The molecule has 0 aliphatic heterocycles. The summed E-state index contributed by atoms with van der Waals surface area (Å²) >= 11 is 0. The van der Waals surface area contributed by atoms with Crippen LogP contribution in [0.2, 0.25) is 0 Å². The molecule has 2 heteroatoms. The topological polar surface area (TPSA) is 18.5 Å². The quantitative estimate of drug-likeness (QED) is 0.626. The highest BCUT2D eigenvalue weighted by atomic mass is 16.5. The standard InChI is InChI=1S/C24H34O2/c1-22(2)11-7-12-24(4)20(22)10-13-23(3)17-15-19(26-6)18(25-5)14-16(17)8-9-21(23)24/h8-9,14-15,20-21H,7,10-13H2,1-6H3/t20-,21-,23-,24-/m0/s1. The third kappa shape index (κ3) is 2.30. The average Bonchev–Trinajstić information content (AvgIpc) is 2.59. The second-order valence-corrected chi connectivity index (χ2v) is 9.99. The fourth-order valence-electron chi connectivity index (χ4n) is 7.05. The van der Waals surface area contributed by atoms with Gasteiger partial charge in [0, 0.05) is 5.41 Å². The largest absolute Gasteiger partial charge is 0.493 e. The average molecular weight is 355 g/mol. The third-order valence-electron chi connectivity index (χ3n) is 8.26. The van der Waals surface area contributed by atoms with Crippen molar-refractivity contribution in [3.63, 3.8) is 0 Å². The number of hydrogen-bond acceptors (Lipinski definition) is 2. The van der Waals surface area contributed by atoms with Gasteiger partial charge in [0.1, 0.15) is 0 Å². The first-order valence-electron chi connectivity index (χ1n) is 10.2. The van der Waals surface area contributed by atoms with E-state index >= 15 is 0 Å². The Morgan fingerprint density at radius 3 is 2.31 bits per heavy atom. The van der Waals surface area contributed by atoms with Crippen LogP contribution in [0.5, 0.6) is 11.5 Å². The van der Waals surface area contributed by atoms with E-state index < -0.39 is 0 Å². The number of benzene rings is 1. The minimum Gasteiger partial charge on any atom is -0.493 e. The van der Waals surface area contributed by atoms with Crippen molar-refractivity contribution >= 4 is 6.08 Å². The molecule has 3 aliphatic carbocycles. The summed E-state index contributed by atoms with van der Waals surface area (Å²) < 4.78 is 11.2. The van der Waals surface area contributed by atoms with E-state index in [1.165, 1.54) is 43.2 Å². The van der Waals surface area contributed by atoms with Crippen molar-refractivity contribution in [2.45, 2.75) is 65.2 Å². The lowest BCUT2D eigenvalue weighted by Crippen LogP contribution is -2.56. The maximum absolute atomic E-state index is 5.64. The molecule has 2 fully saturated rings. The minimum atomic E-state index is 0.183. The molecule has 0 unspecified atom stereocenters. The van der Waals surface area contributed by atoms with Crippen molar-refractivity contribution in [3.05, 3.63) is 29.3 Å². The molecule has 0 amide bonds. The zero-order valence-electron chi connectivity index (χ0n) is 17.3. The molecule has 2 saturated carbocycles. The van der Waals surface area contributed by atoms with Crippen molar-refractivity contribution in [3.8, 4) is 11.5 Å². The van der Waals surface area contributed by atoms with Crippen molar-refractivity contribution in [2.24, 2.45) is 22.7 Å². The van der Waals surface area contributed by atoms with Crippen molar-refractivity contribution < 1.29 is 9.47 Å². The Morgan fingerprint density at radius 2 is 1.62 bits per heavy atom. The molecular weight excluding hydrogens is 320 g/mol. The first-order chi connectivity index (χ1) is 12.3. The molecule has 0 radical (unpaired) electrons. The van der Waals surface area contributed by atoms with E-state index in [4.69, 9.17) is 9.47 Å². The molecule has 0 heterocycles. The molecule has 1 aromatic rings. The van der Waals surface area contributed by atoms with E-state index in [-0.39, 0.29) is 5.41 Å². The van der Waals surface area contributed by atoms with Gasteiger partial charge in [-0.1, -0.05) is 46.3 Å². The summed E-state index contributed by atoms with van der Waals surface area (Å²) in [6.45, 7) is 10.1. The van der Waals surface area contributed by atoms with Gasteiger partial charge >= 0.3 is 0 Å². The SMILES string of the molecule is COc1cc2c(cc1OC)[C@]1(C)CC[C@H]3C(C)(C)CCC[C@]3(C)[C@H]1C=C2. The van der Waals surface area contributed by atoms with Gasteiger partial charge in [-0.3, -0.25) is 0 Å². The van der Waals surface area contributed by atoms with Gasteiger partial charge in [-0.25, -0.2) is 0 Å².